The number of urea groups is 1. The maximum atomic E-state index is 12.8. The summed E-state index contributed by atoms with van der Waals surface area (Å²) in [6.45, 7) is 0.883. The topological polar surface area (TPSA) is 349 Å². The van der Waals surface area contributed by atoms with Gasteiger partial charge in [0.25, 0.3) is 0 Å². The van der Waals surface area contributed by atoms with E-state index in [9.17, 15) is 49.6 Å². The first kappa shape index (κ1) is 41.3. The molecule has 1 saturated heterocycles. The molecule has 5 rings (SSSR count). The van der Waals surface area contributed by atoms with Crippen molar-refractivity contribution in [3.63, 3.8) is 0 Å². The average Bonchev–Trinajstić information content (AvgIpc) is 3.17. The number of benzene rings is 1. The Hall–Kier alpha value is -6.46. The van der Waals surface area contributed by atoms with Gasteiger partial charge in [-0.1, -0.05) is 0 Å². The number of hydrogen-bond donors (Lipinski definition) is 9. The van der Waals surface area contributed by atoms with E-state index in [4.69, 9.17) is 35.5 Å². The van der Waals surface area contributed by atoms with Crippen molar-refractivity contribution in [2.24, 2.45) is 11.0 Å². The lowest BCUT2D eigenvalue weighted by molar-refractivity contribution is -0.252. The van der Waals surface area contributed by atoms with Gasteiger partial charge < -0.3 is 66.4 Å². The molecule has 0 saturated carbocycles. The van der Waals surface area contributed by atoms with E-state index in [0.29, 0.717) is 5.01 Å². The monoisotopic (exact) mass is 771 g/mol. The third kappa shape index (κ3) is 7.65. The summed E-state index contributed by atoms with van der Waals surface area (Å²) in [7, 11) is 5.02. The van der Waals surface area contributed by atoms with Crippen molar-refractivity contribution in [3.8, 4) is 39.8 Å². The number of aliphatic hydroxyl groups excluding tert-OH is 4. The Kier molecular flexibility index (Phi) is 12.5. The van der Waals surface area contributed by atoms with Gasteiger partial charge >= 0.3 is 12.0 Å². The van der Waals surface area contributed by atoms with Gasteiger partial charge in [0.05, 0.1) is 50.2 Å². The van der Waals surface area contributed by atoms with E-state index in [1.165, 1.54) is 52.5 Å². The van der Waals surface area contributed by atoms with Crippen molar-refractivity contribution >= 4 is 29.3 Å². The quantitative estimate of drug-likeness (QED) is 0.0971. The molecule has 2 aliphatic rings. The number of nitrogen functional groups attached to an aromatic ring is 1. The second-order valence-electron chi connectivity index (χ2n) is 11.7. The molecule has 1 aromatic carbocycles. The van der Waals surface area contributed by atoms with Gasteiger partial charge in [-0.3, -0.25) is 9.59 Å². The van der Waals surface area contributed by atoms with Crippen LogP contribution in [0.3, 0.4) is 0 Å². The Morgan fingerprint density at radius 3 is 2.18 bits per heavy atom. The molecule has 2 aromatic heterocycles. The fraction of sp³-hybridized carbons (Fsp3) is 0.333. The number of nitrogens with zero attached hydrogens (tertiary/aromatic N) is 4. The number of anilines is 1. The number of carbonyl (C=O) groups excluding carboxylic acids is 3. The van der Waals surface area contributed by atoms with Crippen LogP contribution in [0.2, 0.25) is 0 Å². The van der Waals surface area contributed by atoms with Crippen molar-refractivity contribution in [2.75, 3.05) is 40.7 Å². The number of rotatable bonds is 9. The molecule has 11 N–H and O–H groups in total. The van der Waals surface area contributed by atoms with Crippen molar-refractivity contribution in [2.45, 2.75) is 37.6 Å². The molecular formula is C33H37N7O15. The zero-order valence-electron chi connectivity index (χ0n) is 29.7. The number of ketones is 2. The maximum absolute atomic E-state index is 12.8. The summed E-state index contributed by atoms with van der Waals surface area (Å²) < 4.78 is 20.2. The fourth-order valence-electron chi connectivity index (χ4n) is 5.71. The molecule has 0 unspecified atom stereocenters. The molecule has 294 valence electrons. The SMILES string of the molecule is CN(N=O)C(=O)N[C@@H]1[C@@H](O)[C@H](O)[C@@H](CO)O[C@@H]1O.COC1=C(N)C(=O)c2nc(-c3nc(C(=O)O)c(C)c(-c4ccc(OC)c(OC)c4O)c3N)ccc2C1=O. The molecule has 0 radical (unpaired) electrons. The highest BCUT2D eigenvalue weighted by molar-refractivity contribution is 6.25. The van der Waals surface area contributed by atoms with Gasteiger partial charge in [0, 0.05) is 18.2 Å². The van der Waals surface area contributed by atoms with Crippen molar-refractivity contribution in [3.05, 3.63) is 63.1 Å². The molecule has 3 aromatic rings. The van der Waals surface area contributed by atoms with E-state index in [-0.39, 0.29) is 73.7 Å². The maximum Gasteiger partial charge on any atom is 0.354 e. The molecule has 1 aliphatic carbocycles. The molecule has 1 fully saturated rings. The summed E-state index contributed by atoms with van der Waals surface area (Å²) in [6.07, 6.45) is -5.84. The number of hydrogen-bond acceptors (Lipinski definition) is 19. The van der Waals surface area contributed by atoms with Gasteiger partial charge in [-0.05, 0) is 36.8 Å². The first-order chi connectivity index (χ1) is 26.0. The number of aliphatic hydroxyl groups is 4. The smallest absolute Gasteiger partial charge is 0.354 e. The Balaban J connectivity index is 0.000000314. The molecule has 5 atom stereocenters. The summed E-state index contributed by atoms with van der Waals surface area (Å²) >= 11 is 0. The van der Waals surface area contributed by atoms with Crippen LogP contribution in [-0.2, 0) is 9.47 Å². The van der Waals surface area contributed by atoms with Gasteiger partial charge in [-0.15, -0.1) is 4.91 Å². The number of allylic oxidation sites excluding steroid dienone is 2. The number of aromatic hydroxyl groups is 1. The Morgan fingerprint density at radius 1 is 0.964 bits per heavy atom. The van der Waals surface area contributed by atoms with Crippen LogP contribution in [0.1, 0.15) is 36.9 Å². The largest absolute Gasteiger partial charge is 0.504 e. The number of carboxylic acids is 1. The molecule has 1 aliphatic heterocycles. The first-order valence-electron chi connectivity index (χ1n) is 15.8. The summed E-state index contributed by atoms with van der Waals surface area (Å²) in [6, 6.07) is 3.39. The number of ether oxygens (including phenoxy) is 4. The number of fused-ring (bicyclic) bond motifs is 1. The Labute approximate surface area is 310 Å². The van der Waals surface area contributed by atoms with Crippen LogP contribution in [0.4, 0.5) is 10.5 Å². The first-order valence-corrected chi connectivity index (χ1v) is 15.8. The number of amides is 2. The predicted molar refractivity (Wildman–Crippen MR) is 187 cm³/mol. The van der Waals surface area contributed by atoms with E-state index < -0.39 is 66.5 Å². The number of phenols is 1. The zero-order valence-corrected chi connectivity index (χ0v) is 29.7. The molecule has 22 heteroatoms. The molecular weight excluding hydrogens is 734 g/mol. The van der Waals surface area contributed by atoms with E-state index >= 15 is 0 Å². The highest BCUT2D eigenvalue weighted by Gasteiger charge is 2.44. The highest BCUT2D eigenvalue weighted by atomic mass is 16.6. The average molecular weight is 772 g/mol. The second-order valence-corrected chi connectivity index (χ2v) is 11.7. The number of aromatic nitrogens is 2. The van der Waals surface area contributed by atoms with Crippen molar-refractivity contribution < 1.29 is 68.8 Å². The lowest BCUT2D eigenvalue weighted by Crippen LogP contribution is -2.64. The minimum atomic E-state index is -1.63. The van der Waals surface area contributed by atoms with Gasteiger partial charge in [0.15, 0.2) is 29.2 Å². The third-order valence-corrected chi connectivity index (χ3v) is 8.57. The van der Waals surface area contributed by atoms with Crippen molar-refractivity contribution in [1.29, 1.82) is 0 Å². The number of aromatic carboxylic acids is 1. The number of Topliss-reactive ketones (excluding diaryl/α,β-unsaturated/α-hetero) is 2. The van der Waals surface area contributed by atoms with Gasteiger partial charge in [0.1, 0.15) is 41.4 Å². The molecule has 2 amide bonds. The van der Waals surface area contributed by atoms with E-state index in [1.807, 2.05) is 0 Å². The van der Waals surface area contributed by atoms with Gasteiger partial charge in [0.2, 0.25) is 17.3 Å². The minimum Gasteiger partial charge on any atom is -0.504 e. The lowest BCUT2D eigenvalue weighted by Gasteiger charge is -2.40. The van der Waals surface area contributed by atoms with Crippen LogP contribution in [0, 0.1) is 11.8 Å². The Bertz CT molecular complexity index is 2070. The third-order valence-electron chi connectivity index (χ3n) is 8.57. The van der Waals surface area contributed by atoms with Crippen molar-refractivity contribution in [1.82, 2.24) is 20.3 Å². The predicted octanol–water partition coefficient (Wildman–Crippen LogP) is -0.573. The number of carboxylic acid groups (broad SMARTS) is 1. The van der Waals surface area contributed by atoms with Gasteiger partial charge in [-0.25, -0.2) is 19.6 Å². The zero-order chi connectivity index (χ0) is 41.0. The van der Waals surface area contributed by atoms with E-state index in [2.05, 4.69) is 20.6 Å². The number of methoxy groups -OCH3 is 3. The van der Waals surface area contributed by atoms with Crippen LogP contribution < -0.4 is 26.3 Å². The highest BCUT2D eigenvalue weighted by Crippen LogP contribution is 2.47. The fourth-order valence-corrected chi connectivity index (χ4v) is 5.71. The van der Waals surface area contributed by atoms with Crippen LogP contribution in [0.5, 0.6) is 17.2 Å². The molecule has 3 heterocycles. The van der Waals surface area contributed by atoms with Crippen LogP contribution in [-0.4, -0.2) is 135 Å². The molecule has 55 heavy (non-hydrogen) atoms. The van der Waals surface area contributed by atoms with Gasteiger partial charge in [-0.2, -0.15) is 5.01 Å². The van der Waals surface area contributed by atoms with Crippen LogP contribution in [0.15, 0.2) is 41.0 Å². The van der Waals surface area contributed by atoms with E-state index in [1.54, 1.807) is 0 Å². The van der Waals surface area contributed by atoms with Crippen LogP contribution >= 0.6 is 0 Å². The number of nitroso groups, excluding NO2 is 1. The number of nitrogens with two attached hydrogens (primary N) is 2. The summed E-state index contributed by atoms with van der Waals surface area (Å²) in [5, 5.41) is 63.1. The van der Waals surface area contributed by atoms with Crippen LogP contribution in [0.25, 0.3) is 22.5 Å². The number of carbonyl (C=O) groups is 4. The number of nitrogens with one attached hydrogen (secondary N) is 1. The molecule has 22 nitrogen and oxygen atoms in total. The number of phenolic OH excluding ortho intramolecular Hbond substituents is 1. The Morgan fingerprint density at radius 2 is 1.62 bits per heavy atom. The number of pyridine rings is 2. The van der Waals surface area contributed by atoms with E-state index in [0.717, 1.165) is 7.05 Å². The summed E-state index contributed by atoms with van der Waals surface area (Å²) in [4.78, 5) is 67.4. The standard InChI is InChI=1S/C25H22N4O8.C8H15N3O7/c1-9-14(10-6-8-13(35-2)23(36-3)20(10)30)15(26)19(29-17(9)25(33)34)12-7-5-11-18(28-12)22(32)16(27)24(37-4)21(11)31;1-11(10-17)8(16)9-4-6(14)5(13)3(2-12)18-7(4)15/h5-8,30H,26-27H2,1-4H3,(H,33,34);3-7,12-15H,2H2,1H3,(H,9,16)/t;3-,4-,5-,6-,7+/m.1/s1. The molecule has 0 spiro atoms. The summed E-state index contributed by atoms with van der Waals surface area (Å²) in [5.74, 6) is -3.10. The summed E-state index contributed by atoms with van der Waals surface area (Å²) in [5.41, 5.74) is 11.6. The minimum absolute atomic E-state index is 0.00906. The second kappa shape index (κ2) is 16.7. The molecule has 0 bridgehead atoms. The normalized spacial score (nSPS) is 20.4. The lowest BCUT2D eigenvalue weighted by atomic mass is 9.93.